The molecule has 3 aromatic carbocycles. The van der Waals surface area contributed by atoms with E-state index in [0.717, 1.165) is 16.5 Å². The van der Waals surface area contributed by atoms with Crippen LogP contribution in [0.3, 0.4) is 0 Å². The summed E-state index contributed by atoms with van der Waals surface area (Å²) in [5.74, 6) is -5.16. The number of nitrogens with zero attached hydrogens (tertiary/aromatic N) is 2. The zero-order valence-corrected chi connectivity index (χ0v) is 21.2. The lowest BCUT2D eigenvalue weighted by molar-refractivity contribution is -0.173. The predicted octanol–water partition coefficient (Wildman–Crippen LogP) is 4.17. The lowest BCUT2D eigenvalue weighted by atomic mass is 9.51. The highest BCUT2D eigenvalue weighted by molar-refractivity contribution is 6.24. The van der Waals surface area contributed by atoms with Gasteiger partial charge in [-0.25, -0.2) is 4.90 Å². The molecule has 0 aromatic heterocycles. The molecular formula is C31H26N2O6. The SMILES string of the molecule is CC12C(=O)N(c3ccccc3)C(=O)C1CC1C(=CCC3C(=O)N(O)C(=O)C31)C2c1ccc(O)c2ccccc12. The summed E-state index contributed by atoms with van der Waals surface area (Å²) in [5, 5.41) is 22.4. The fraction of sp³-hybridized carbons (Fsp3) is 0.290. The number of carbonyl (C=O) groups is 4. The number of phenols is 1. The molecular weight excluding hydrogens is 496 g/mol. The Kier molecular flexibility index (Phi) is 4.94. The molecule has 2 aliphatic carbocycles. The van der Waals surface area contributed by atoms with Gasteiger partial charge in [0, 0.05) is 11.3 Å². The van der Waals surface area contributed by atoms with E-state index >= 15 is 0 Å². The van der Waals surface area contributed by atoms with Gasteiger partial charge in [0.1, 0.15) is 5.75 Å². The fourth-order valence-electron chi connectivity index (χ4n) is 7.72. The Balaban J connectivity index is 1.48. The number of carbonyl (C=O) groups excluding carboxylic acids is 4. The average molecular weight is 523 g/mol. The van der Waals surface area contributed by atoms with Crippen LogP contribution < -0.4 is 4.90 Å². The van der Waals surface area contributed by atoms with Gasteiger partial charge in [0.15, 0.2) is 0 Å². The number of rotatable bonds is 2. The molecule has 1 saturated carbocycles. The molecule has 2 aliphatic heterocycles. The average Bonchev–Trinajstić information content (AvgIpc) is 3.29. The third-order valence-electron chi connectivity index (χ3n) is 9.51. The molecule has 2 saturated heterocycles. The number of amides is 4. The summed E-state index contributed by atoms with van der Waals surface area (Å²) in [7, 11) is 0. The van der Waals surface area contributed by atoms with Gasteiger partial charge in [-0.15, -0.1) is 0 Å². The van der Waals surface area contributed by atoms with Crippen molar-refractivity contribution in [2.24, 2.45) is 29.1 Å². The van der Waals surface area contributed by atoms with E-state index in [0.29, 0.717) is 11.1 Å². The van der Waals surface area contributed by atoms with Crippen LogP contribution in [0.2, 0.25) is 0 Å². The summed E-state index contributed by atoms with van der Waals surface area (Å²) in [6, 6.07) is 19.6. The van der Waals surface area contributed by atoms with Gasteiger partial charge in [-0.2, -0.15) is 5.06 Å². The first kappa shape index (κ1) is 23.8. The smallest absolute Gasteiger partial charge is 0.257 e. The summed E-state index contributed by atoms with van der Waals surface area (Å²) in [6.45, 7) is 1.83. The number of hydroxylamine groups is 2. The Morgan fingerprint density at radius 3 is 2.26 bits per heavy atom. The number of imide groups is 2. The van der Waals surface area contributed by atoms with Crippen LogP contribution in [-0.2, 0) is 19.2 Å². The maximum absolute atomic E-state index is 14.4. The molecule has 3 aromatic rings. The molecule has 4 aliphatic rings. The second-order valence-corrected chi connectivity index (χ2v) is 11.2. The predicted molar refractivity (Wildman–Crippen MR) is 140 cm³/mol. The summed E-state index contributed by atoms with van der Waals surface area (Å²) in [6.07, 6.45) is 2.42. The van der Waals surface area contributed by atoms with Gasteiger partial charge >= 0.3 is 0 Å². The van der Waals surface area contributed by atoms with Crippen LogP contribution in [0, 0.1) is 29.1 Å². The number of benzene rings is 3. The molecule has 2 heterocycles. The number of hydrogen-bond acceptors (Lipinski definition) is 6. The maximum Gasteiger partial charge on any atom is 0.257 e. The Bertz CT molecular complexity index is 1630. The van der Waals surface area contributed by atoms with Gasteiger partial charge in [0.25, 0.3) is 11.8 Å². The zero-order valence-electron chi connectivity index (χ0n) is 21.2. The summed E-state index contributed by atoms with van der Waals surface area (Å²) >= 11 is 0. The second-order valence-electron chi connectivity index (χ2n) is 11.2. The molecule has 0 spiro atoms. The molecule has 7 rings (SSSR count). The minimum Gasteiger partial charge on any atom is -0.507 e. The lowest BCUT2D eigenvalue weighted by Crippen LogP contribution is -2.48. The third kappa shape index (κ3) is 2.97. The van der Waals surface area contributed by atoms with Crippen LogP contribution in [0.25, 0.3) is 10.8 Å². The quantitative estimate of drug-likeness (QED) is 0.297. The Hall–Kier alpha value is -4.30. The molecule has 6 atom stereocenters. The molecule has 4 amide bonds. The van der Waals surface area contributed by atoms with Crippen molar-refractivity contribution in [1.82, 2.24) is 5.06 Å². The monoisotopic (exact) mass is 522 g/mol. The van der Waals surface area contributed by atoms with Crippen molar-refractivity contribution >= 4 is 40.1 Å². The van der Waals surface area contributed by atoms with Crippen molar-refractivity contribution in [2.75, 3.05) is 4.90 Å². The highest BCUT2D eigenvalue weighted by Gasteiger charge is 2.67. The number of allylic oxidation sites excluding steroid dienone is 2. The molecule has 8 heteroatoms. The largest absolute Gasteiger partial charge is 0.507 e. The number of hydrogen-bond donors (Lipinski definition) is 2. The molecule has 8 nitrogen and oxygen atoms in total. The van der Waals surface area contributed by atoms with Crippen LogP contribution in [-0.4, -0.2) is 39.0 Å². The maximum atomic E-state index is 14.4. The molecule has 3 fully saturated rings. The van der Waals surface area contributed by atoms with Gasteiger partial charge in [-0.05, 0) is 54.8 Å². The summed E-state index contributed by atoms with van der Waals surface area (Å²) in [5.41, 5.74) is 0.921. The normalized spacial score (nSPS) is 31.8. The molecule has 196 valence electrons. The first-order valence-corrected chi connectivity index (χ1v) is 13.2. The van der Waals surface area contributed by atoms with E-state index in [4.69, 9.17) is 0 Å². The van der Waals surface area contributed by atoms with Crippen LogP contribution in [0.4, 0.5) is 5.69 Å². The molecule has 2 N–H and O–H groups in total. The first-order chi connectivity index (χ1) is 18.7. The van der Waals surface area contributed by atoms with Crippen LogP contribution in [0.1, 0.15) is 31.2 Å². The van der Waals surface area contributed by atoms with Gasteiger partial charge in [-0.3, -0.25) is 24.4 Å². The standard InChI is InChI=1S/C31H26N2O6/c1-31-23(28(36)32(30(31)38)16-7-3-2-4-8-16)15-22-20(11-12-21-25(22)29(37)33(39)27(21)35)26(31)19-13-14-24(34)18-10-6-5-9-17(18)19/h2-11,13-14,21-23,25-26,34,39H,12,15H2,1H3. The first-order valence-electron chi connectivity index (χ1n) is 13.2. The highest BCUT2D eigenvalue weighted by atomic mass is 16.5. The number of para-hydroxylation sites is 1. The Morgan fingerprint density at radius 1 is 0.821 bits per heavy atom. The second kappa shape index (κ2) is 8.10. The topological polar surface area (TPSA) is 115 Å². The van der Waals surface area contributed by atoms with Gasteiger partial charge in [0.05, 0.1) is 28.9 Å². The van der Waals surface area contributed by atoms with E-state index in [-0.39, 0.29) is 35.5 Å². The van der Waals surface area contributed by atoms with Crippen LogP contribution in [0.5, 0.6) is 5.75 Å². The van der Waals surface area contributed by atoms with Crippen molar-refractivity contribution in [3.05, 3.63) is 83.9 Å². The Labute approximate surface area is 224 Å². The number of phenolic OH excluding ortho intramolecular Hbond substituents is 1. The van der Waals surface area contributed by atoms with Crippen molar-refractivity contribution in [3.8, 4) is 5.75 Å². The molecule has 6 unspecified atom stereocenters. The summed E-state index contributed by atoms with van der Waals surface area (Å²) < 4.78 is 0. The van der Waals surface area contributed by atoms with E-state index in [9.17, 15) is 29.5 Å². The number of fused-ring (bicyclic) bond motifs is 5. The van der Waals surface area contributed by atoms with Gasteiger partial charge < -0.3 is 5.11 Å². The zero-order chi connectivity index (χ0) is 27.2. The van der Waals surface area contributed by atoms with E-state index in [1.807, 2.05) is 37.3 Å². The number of anilines is 1. The van der Waals surface area contributed by atoms with Gasteiger partial charge in [-0.1, -0.05) is 60.2 Å². The van der Waals surface area contributed by atoms with Crippen LogP contribution >= 0.6 is 0 Å². The summed E-state index contributed by atoms with van der Waals surface area (Å²) in [4.78, 5) is 55.6. The van der Waals surface area contributed by atoms with Gasteiger partial charge in [0.2, 0.25) is 11.8 Å². The number of aromatic hydroxyl groups is 1. The highest BCUT2D eigenvalue weighted by Crippen LogP contribution is 2.64. The van der Waals surface area contributed by atoms with E-state index in [1.54, 1.807) is 42.5 Å². The minimum atomic E-state index is -1.17. The molecule has 0 bridgehead atoms. The van der Waals surface area contributed by atoms with Crippen LogP contribution in [0.15, 0.2) is 78.4 Å². The van der Waals surface area contributed by atoms with E-state index in [1.165, 1.54) is 4.90 Å². The van der Waals surface area contributed by atoms with Crippen molar-refractivity contribution in [3.63, 3.8) is 0 Å². The van der Waals surface area contributed by atoms with E-state index in [2.05, 4.69) is 0 Å². The fourth-order valence-corrected chi connectivity index (χ4v) is 7.72. The Morgan fingerprint density at radius 2 is 1.51 bits per heavy atom. The van der Waals surface area contributed by atoms with Crippen molar-refractivity contribution in [1.29, 1.82) is 0 Å². The lowest BCUT2D eigenvalue weighted by Gasteiger charge is -2.49. The minimum absolute atomic E-state index is 0.105. The third-order valence-corrected chi connectivity index (χ3v) is 9.51. The molecule has 0 radical (unpaired) electrons. The van der Waals surface area contributed by atoms with Crippen molar-refractivity contribution < 1.29 is 29.5 Å². The van der Waals surface area contributed by atoms with E-state index < -0.39 is 46.8 Å². The molecule has 39 heavy (non-hydrogen) atoms. The van der Waals surface area contributed by atoms with Crippen molar-refractivity contribution in [2.45, 2.75) is 25.7 Å².